The average Bonchev–Trinajstić information content (AvgIpc) is 2.66. The van der Waals surface area contributed by atoms with Crippen LogP contribution in [-0.4, -0.2) is 36.6 Å². The molecule has 0 saturated carbocycles. The lowest BCUT2D eigenvalue weighted by molar-refractivity contribution is -0.120. The monoisotopic (exact) mass is 226 g/mol. The summed E-state index contributed by atoms with van der Waals surface area (Å²) >= 11 is 1.20. The molecule has 0 spiro atoms. The van der Waals surface area contributed by atoms with Crippen molar-refractivity contribution < 1.29 is 14.7 Å². The summed E-state index contributed by atoms with van der Waals surface area (Å²) in [7, 11) is 0. The largest absolute Gasteiger partial charge is 0.477 e. The van der Waals surface area contributed by atoms with Gasteiger partial charge in [-0.3, -0.25) is 4.79 Å². The Morgan fingerprint density at radius 3 is 2.93 bits per heavy atom. The molecule has 0 unspecified atom stereocenters. The van der Waals surface area contributed by atoms with Crippen molar-refractivity contribution in [2.24, 2.45) is 0 Å². The van der Waals surface area contributed by atoms with Gasteiger partial charge in [-0.15, -0.1) is 11.3 Å². The van der Waals surface area contributed by atoms with Crippen molar-refractivity contribution >= 4 is 28.2 Å². The molecule has 1 saturated heterocycles. The zero-order valence-electron chi connectivity index (χ0n) is 7.90. The lowest BCUT2D eigenvalue weighted by Gasteiger charge is -2.26. The highest BCUT2D eigenvalue weighted by atomic mass is 32.1. The van der Waals surface area contributed by atoms with E-state index in [1.54, 1.807) is 12.1 Å². The number of nitrogens with one attached hydrogen (secondary N) is 1. The van der Waals surface area contributed by atoms with Crippen molar-refractivity contribution in [1.82, 2.24) is 5.32 Å². The van der Waals surface area contributed by atoms with Crippen LogP contribution in [0.1, 0.15) is 9.67 Å². The molecule has 0 radical (unpaired) electrons. The maximum Gasteiger partial charge on any atom is 0.345 e. The Morgan fingerprint density at radius 2 is 2.33 bits per heavy atom. The molecule has 2 rings (SSSR count). The number of carboxylic acid groups (broad SMARTS) is 1. The van der Waals surface area contributed by atoms with Crippen LogP contribution in [0.15, 0.2) is 12.1 Å². The summed E-state index contributed by atoms with van der Waals surface area (Å²) in [5.74, 6) is -0.945. The predicted molar refractivity (Wildman–Crippen MR) is 56.5 cm³/mol. The molecule has 1 fully saturated rings. The van der Waals surface area contributed by atoms with Crippen LogP contribution >= 0.6 is 11.3 Å². The summed E-state index contributed by atoms with van der Waals surface area (Å²) in [6.45, 7) is 1.64. The van der Waals surface area contributed by atoms with Crippen LogP contribution in [0, 0.1) is 0 Å². The first-order chi connectivity index (χ1) is 7.16. The van der Waals surface area contributed by atoms with Crippen molar-refractivity contribution in [3.05, 3.63) is 17.0 Å². The second kappa shape index (κ2) is 3.90. The molecule has 0 atom stereocenters. The van der Waals surface area contributed by atoms with E-state index in [9.17, 15) is 9.59 Å². The first-order valence-corrected chi connectivity index (χ1v) is 5.33. The van der Waals surface area contributed by atoms with E-state index in [4.69, 9.17) is 5.11 Å². The zero-order chi connectivity index (χ0) is 10.8. The number of anilines is 1. The standard InChI is InChI=1S/C9H10N2O3S/c12-7-5-11(4-3-10-7)8-2-1-6(15-8)9(13)14/h1-2H,3-5H2,(H,10,12)(H,13,14). The fourth-order valence-electron chi connectivity index (χ4n) is 1.44. The molecule has 0 aromatic carbocycles. The number of aromatic carboxylic acids is 1. The van der Waals surface area contributed by atoms with E-state index in [1.165, 1.54) is 11.3 Å². The fraction of sp³-hybridized carbons (Fsp3) is 0.333. The minimum absolute atomic E-state index is 0.0217. The first kappa shape index (κ1) is 9.97. The van der Waals surface area contributed by atoms with E-state index in [0.717, 1.165) is 11.5 Å². The van der Waals surface area contributed by atoms with Crippen LogP contribution in [0.25, 0.3) is 0 Å². The second-order valence-electron chi connectivity index (χ2n) is 3.21. The van der Waals surface area contributed by atoms with Crippen molar-refractivity contribution in [2.45, 2.75) is 0 Å². The SMILES string of the molecule is O=C1CN(c2ccc(C(=O)O)s2)CCN1. The van der Waals surface area contributed by atoms with Gasteiger partial charge in [0.1, 0.15) is 4.88 Å². The number of hydrogen-bond donors (Lipinski definition) is 2. The Hall–Kier alpha value is -1.56. The zero-order valence-corrected chi connectivity index (χ0v) is 8.71. The molecule has 1 amide bonds. The molecule has 0 bridgehead atoms. The molecule has 5 nitrogen and oxygen atoms in total. The maximum absolute atomic E-state index is 11.1. The number of amides is 1. The molecule has 1 aliphatic rings. The van der Waals surface area contributed by atoms with Crippen LogP contribution < -0.4 is 10.2 Å². The van der Waals surface area contributed by atoms with Crippen LogP contribution in [-0.2, 0) is 4.79 Å². The minimum Gasteiger partial charge on any atom is -0.477 e. The molecule has 15 heavy (non-hydrogen) atoms. The van der Waals surface area contributed by atoms with Gasteiger partial charge < -0.3 is 15.3 Å². The highest BCUT2D eigenvalue weighted by molar-refractivity contribution is 7.17. The molecule has 1 aromatic heterocycles. The van der Waals surface area contributed by atoms with Crippen molar-refractivity contribution in [2.75, 3.05) is 24.5 Å². The smallest absolute Gasteiger partial charge is 0.345 e. The Bertz CT molecular complexity index is 402. The van der Waals surface area contributed by atoms with Crippen LogP contribution in [0.4, 0.5) is 5.00 Å². The molecule has 1 aliphatic heterocycles. The average molecular weight is 226 g/mol. The molecule has 2 heterocycles. The van der Waals surface area contributed by atoms with Crippen molar-refractivity contribution in [3.63, 3.8) is 0 Å². The minimum atomic E-state index is -0.923. The van der Waals surface area contributed by atoms with E-state index < -0.39 is 5.97 Å². The van der Waals surface area contributed by atoms with E-state index in [0.29, 0.717) is 18.0 Å². The summed E-state index contributed by atoms with van der Waals surface area (Å²) in [6, 6.07) is 3.31. The normalized spacial score (nSPS) is 16.3. The first-order valence-electron chi connectivity index (χ1n) is 4.51. The summed E-state index contributed by atoms with van der Waals surface area (Å²) in [5, 5.41) is 12.3. The van der Waals surface area contributed by atoms with Crippen LogP contribution in [0.2, 0.25) is 0 Å². The highest BCUT2D eigenvalue weighted by Crippen LogP contribution is 2.26. The Labute approximate surface area is 90.3 Å². The predicted octanol–water partition coefficient (Wildman–Crippen LogP) is 0.383. The molecular weight excluding hydrogens is 216 g/mol. The third-order valence-electron chi connectivity index (χ3n) is 2.15. The molecule has 6 heteroatoms. The van der Waals surface area contributed by atoms with Gasteiger partial charge in [0, 0.05) is 13.1 Å². The molecule has 80 valence electrons. The van der Waals surface area contributed by atoms with E-state index in [-0.39, 0.29) is 5.91 Å². The molecule has 1 aromatic rings. The van der Waals surface area contributed by atoms with E-state index in [1.807, 2.05) is 4.90 Å². The summed E-state index contributed by atoms with van der Waals surface area (Å²) in [4.78, 5) is 24.0. The van der Waals surface area contributed by atoms with E-state index >= 15 is 0 Å². The van der Waals surface area contributed by atoms with Crippen LogP contribution in [0.5, 0.6) is 0 Å². The third kappa shape index (κ3) is 2.10. The summed E-state index contributed by atoms with van der Waals surface area (Å²) in [5.41, 5.74) is 0. The number of carboxylic acids is 1. The molecule has 0 aliphatic carbocycles. The fourth-order valence-corrected chi connectivity index (χ4v) is 2.31. The maximum atomic E-state index is 11.1. The quantitative estimate of drug-likeness (QED) is 0.765. The number of hydrogen-bond acceptors (Lipinski definition) is 4. The van der Waals surface area contributed by atoms with Gasteiger partial charge in [-0.05, 0) is 12.1 Å². The number of rotatable bonds is 2. The van der Waals surface area contributed by atoms with Gasteiger partial charge in [0.2, 0.25) is 5.91 Å². The van der Waals surface area contributed by atoms with Gasteiger partial charge in [-0.2, -0.15) is 0 Å². The summed E-state index contributed by atoms with van der Waals surface area (Å²) in [6.07, 6.45) is 0. The van der Waals surface area contributed by atoms with E-state index in [2.05, 4.69) is 5.32 Å². The Kier molecular flexibility index (Phi) is 2.59. The lowest BCUT2D eigenvalue weighted by Crippen LogP contribution is -2.47. The van der Waals surface area contributed by atoms with Gasteiger partial charge in [-0.1, -0.05) is 0 Å². The lowest BCUT2D eigenvalue weighted by atomic mass is 10.3. The van der Waals surface area contributed by atoms with Gasteiger partial charge in [0.15, 0.2) is 0 Å². The third-order valence-corrected chi connectivity index (χ3v) is 3.29. The van der Waals surface area contributed by atoms with Gasteiger partial charge in [-0.25, -0.2) is 4.79 Å². The van der Waals surface area contributed by atoms with Crippen molar-refractivity contribution in [3.8, 4) is 0 Å². The Balaban J connectivity index is 2.14. The molecular formula is C9H10N2O3S. The highest BCUT2D eigenvalue weighted by Gasteiger charge is 2.18. The second-order valence-corrected chi connectivity index (χ2v) is 4.28. The van der Waals surface area contributed by atoms with Gasteiger partial charge in [0.25, 0.3) is 0 Å². The summed E-state index contributed by atoms with van der Waals surface area (Å²) < 4.78 is 0. The Morgan fingerprint density at radius 1 is 1.53 bits per heavy atom. The topological polar surface area (TPSA) is 69.6 Å². The number of piperazine rings is 1. The van der Waals surface area contributed by atoms with Gasteiger partial charge >= 0.3 is 5.97 Å². The van der Waals surface area contributed by atoms with Crippen molar-refractivity contribution in [1.29, 1.82) is 0 Å². The molecule has 2 N–H and O–H groups in total. The number of nitrogens with zero attached hydrogens (tertiary/aromatic N) is 1. The number of carbonyl (C=O) groups excluding carboxylic acids is 1. The van der Waals surface area contributed by atoms with Crippen LogP contribution in [0.3, 0.4) is 0 Å². The number of carbonyl (C=O) groups is 2. The van der Waals surface area contributed by atoms with Gasteiger partial charge in [0.05, 0.1) is 11.5 Å². The number of thiophene rings is 1.